The summed E-state index contributed by atoms with van der Waals surface area (Å²) in [6.45, 7) is 4.65. The summed E-state index contributed by atoms with van der Waals surface area (Å²) in [4.78, 5) is 3.85. The van der Waals surface area contributed by atoms with Gasteiger partial charge < -0.3 is 10.1 Å². The summed E-state index contributed by atoms with van der Waals surface area (Å²) in [6, 6.07) is 0. The van der Waals surface area contributed by atoms with E-state index < -0.39 is 0 Å². The van der Waals surface area contributed by atoms with Crippen molar-refractivity contribution in [3.8, 4) is 0 Å². The number of nitrogens with zero attached hydrogens (tertiary/aromatic N) is 1. The lowest BCUT2D eigenvalue weighted by Crippen LogP contribution is -2.05. The van der Waals surface area contributed by atoms with E-state index in [-0.39, 0.29) is 0 Å². The van der Waals surface area contributed by atoms with Crippen LogP contribution in [0, 0.1) is 0 Å². The Labute approximate surface area is 60.7 Å². The van der Waals surface area contributed by atoms with Gasteiger partial charge in [-0.05, 0) is 0 Å². The van der Waals surface area contributed by atoms with Crippen LogP contribution >= 0.6 is 0 Å². The Kier molecular flexibility index (Phi) is 3.90. The van der Waals surface area contributed by atoms with Gasteiger partial charge in [0.05, 0.1) is 26.2 Å². The first-order valence-electron chi connectivity index (χ1n) is 3.50. The molecule has 2 heterocycles. The highest BCUT2D eigenvalue weighted by atomic mass is 16.5. The van der Waals surface area contributed by atoms with Crippen molar-refractivity contribution in [2.45, 2.75) is 0 Å². The molecule has 0 aromatic heterocycles. The van der Waals surface area contributed by atoms with Crippen LogP contribution in [0.1, 0.15) is 0 Å². The molecule has 10 heavy (non-hydrogen) atoms. The van der Waals surface area contributed by atoms with Crippen LogP contribution in [0.2, 0.25) is 0 Å². The molecule has 2 aliphatic rings. The van der Waals surface area contributed by atoms with Crippen LogP contribution in [0.5, 0.6) is 0 Å². The minimum atomic E-state index is 0.750. The van der Waals surface area contributed by atoms with Gasteiger partial charge in [-0.2, -0.15) is 0 Å². The highest BCUT2D eigenvalue weighted by Gasteiger charge is 1.92. The summed E-state index contributed by atoms with van der Waals surface area (Å²) in [5.41, 5.74) is 0. The predicted octanol–water partition coefficient (Wildman–Crippen LogP) is -0.818. The Hall–Kier alpha value is -0.610. The molecule has 0 radical (unpaired) electrons. The van der Waals surface area contributed by atoms with Crippen molar-refractivity contribution in [1.29, 1.82) is 0 Å². The van der Waals surface area contributed by atoms with E-state index in [1.165, 1.54) is 0 Å². The second-order valence-electron chi connectivity index (χ2n) is 2.04. The standard InChI is InChI=1S/C3H6N2.C3H7NO/c2*1-2-5-3-4-1/h3H,1-2H2,(H,4,5);4H,1-3H2. The average molecular weight is 143 g/mol. The highest BCUT2D eigenvalue weighted by molar-refractivity contribution is 5.56. The van der Waals surface area contributed by atoms with Crippen molar-refractivity contribution in [3.63, 3.8) is 0 Å². The van der Waals surface area contributed by atoms with E-state index in [9.17, 15) is 0 Å². The van der Waals surface area contributed by atoms with E-state index in [0.717, 1.165) is 33.0 Å². The van der Waals surface area contributed by atoms with Gasteiger partial charge in [0.25, 0.3) is 0 Å². The smallest absolute Gasteiger partial charge is 0.0966 e. The fourth-order valence-electron chi connectivity index (χ4n) is 0.684. The van der Waals surface area contributed by atoms with Crippen molar-refractivity contribution in [2.75, 3.05) is 33.0 Å². The van der Waals surface area contributed by atoms with Crippen molar-refractivity contribution < 1.29 is 4.74 Å². The van der Waals surface area contributed by atoms with Crippen LogP contribution in [-0.2, 0) is 4.74 Å². The van der Waals surface area contributed by atoms with Gasteiger partial charge in [0.1, 0.15) is 0 Å². The van der Waals surface area contributed by atoms with E-state index in [0.29, 0.717) is 0 Å². The number of hydrogen-bond acceptors (Lipinski definition) is 4. The first-order chi connectivity index (χ1) is 5.00. The SMILES string of the molecule is C1=NCCN1.C1COCN1. The fraction of sp³-hybridized carbons (Fsp3) is 0.833. The minimum absolute atomic E-state index is 0.750. The summed E-state index contributed by atoms with van der Waals surface area (Å²) in [6.07, 6.45) is 1.74. The summed E-state index contributed by atoms with van der Waals surface area (Å²) in [5.74, 6) is 0. The molecule has 0 aliphatic carbocycles. The molecule has 0 aromatic rings. The minimum Gasteiger partial charge on any atom is -0.375 e. The van der Waals surface area contributed by atoms with Crippen LogP contribution in [-0.4, -0.2) is 39.3 Å². The first kappa shape index (κ1) is 7.50. The average Bonchev–Trinajstić information content (AvgIpc) is 2.67. The zero-order valence-corrected chi connectivity index (χ0v) is 5.97. The maximum absolute atomic E-state index is 4.83. The van der Waals surface area contributed by atoms with Crippen molar-refractivity contribution >= 4 is 6.34 Å². The van der Waals surface area contributed by atoms with Gasteiger partial charge in [-0.15, -0.1) is 0 Å². The lowest BCUT2D eigenvalue weighted by Gasteiger charge is -1.76. The van der Waals surface area contributed by atoms with Crippen molar-refractivity contribution in [1.82, 2.24) is 10.6 Å². The second-order valence-corrected chi connectivity index (χ2v) is 2.04. The topological polar surface area (TPSA) is 45.7 Å². The summed E-state index contributed by atoms with van der Waals surface area (Å²) >= 11 is 0. The van der Waals surface area contributed by atoms with Crippen molar-refractivity contribution in [2.24, 2.45) is 4.99 Å². The monoisotopic (exact) mass is 143 g/mol. The third kappa shape index (κ3) is 3.42. The lowest BCUT2D eigenvalue weighted by molar-refractivity contribution is 0.194. The van der Waals surface area contributed by atoms with E-state index in [1.807, 2.05) is 0 Å². The molecule has 0 bridgehead atoms. The molecular weight excluding hydrogens is 130 g/mol. The molecule has 2 rings (SSSR count). The Bertz CT molecular complexity index is 87.6. The molecular formula is C6H13N3O. The number of ether oxygens (including phenoxy) is 1. The third-order valence-electron chi connectivity index (χ3n) is 1.20. The molecule has 1 fully saturated rings. The van der Waals surface area contributed by atoms with Gasteiger partial charge in [-0.3, -0.25) is 10.3 Å². The predicted molar refractivity (Wildman–Crippen MR) is 40.2 cm³/mol. The molecule has 0 spiro atoms. The molecule has 2 N–H and O–H groups in total. The molecule has 0 unspecified atom stereocenters. The summed E-state index contributed by atoms with van der Waals surface area (Å²) in [7, 11) is 0. The maximum Gasteiger partial charge on any atom is 0.0966 e. The Morgan fingerprint density at radius 1 is 1.40 bits per heavy atom. The largest absolute Gasteiger partial charge is 0.375 e. The zero-order chi connectivity index (χ0) is 7.07. The van der Waals surface area contributed by atoms with Gasteiger partial charge in [0, 0.05) is 13.1 Å². The number of hydrogen-bond donors (Lipinski definition) is 2. The normalized spacial score (nSPS) is 21.6. The Balaban J connectivity index is 0.0000001000. The molecule has 0 aromatic carbocycles. The van der Waals surface area contributed by atoms with Crippen LogP contribution in [0.15, 0.2) is 4.99 Å². The summed E-state index contributed by atoms with van der Waals surface area (Å²) in [5, 5.41) is 5.93. The van der Waals surface area contributed by atoms with Gasteiger partial charge in [0.15, 0.2) is 0 Å². The number of nitrogens with one attached hydrogen (secondary N) is 2. The molecule has 2 aliphatic heterocycles. The van der Waals surface area contributed by atoms with Gasteiger partial charge in [-0.25, -0.2) is 0 Å². The van der Waals surface area contributed by atoms with Crippen LogP contribution < -0.4 is 10.6 Å². The molecule has 0 amide bonds. The fourth-order valence-corrected chi connectivity index (χ4v) is 0.684. The first-order valence-corrected chi connectivity index (χ1v) is 3.50. The maximum atomic E-state index is 4.83. The summed E-state index contributed by atoms with van der Waals surface area (Å²) < 4.78 is 4.83. The molecule has 4 heteroatoms. The molecule has 0 atom stereocenters. The van der Waals surface area contributed by atoms with Gasteiger partial charge in [0.2, 0.25) is 0 Å². The zero-order valence-electron chi connectivity index (χ0n) is 5.97. The van der Waals surface area contributed by atoms with Crippen LogP contribution in [0.4, 0.5) is 0 Å². The number of aliphatic imine (C=N–C) groups is 1. The Morgan fingerprint density at radius 3 is 2.60 bits per heavy atom. The quantitative estimate of drug-likeness (QED) is 0.466. The van der Waals surface area contributed by atoms with Crippen molar-refractivity contribution in [3.05, 3.63) is 0 Å². The van der Waals surface area contributed by atoms with E-state index in [2.05, 4.69) is 15.6 Å². The second kappa shape index (κ2) is 5.20. The van der Waals surface area contributed by atoms with Crippen LogP contribution in [0.3, 0.4) is 0 Å². The molecule has 58 valence electrons. The lowest BCUT2D eigenvalue weighted by atomic mass is 10.7. The number of rotatable bonds is 0. The molecule has 1 saturated heterocycles. The molecule has 0 saturated carbocycles. The van der Waals surface area contributed by atoms with Gasteiger partial charge in [-0.1, -0.05) is 0 Å². The van der Waals surface area contributed by atoms with E-state index in [1.54, 1.807) is 6.34 Å². The Morgan fingerprint density at radius 2 is 2.40 bits per heavy atom. The van der Waals surface area contributed by atoms with E-state index in [4.69, 9.17) is 4.74 Å². The molecule has 4 nitrogen and oxygen atoms in total. The van der Waals surface area contributed by atoms with E-state index >= 15 is 0 Å². The van der Waals surface area contributed by atoms with Crippen LogP contribution in [0.25, 0.3) is 0 Å². The third-order valence-corrected chi connectivity index (χ3v) is 1.20. The highest BCUT2D eigenvalue weighted by Crippen LogP contribution is 1.75. The van der Waals surface area contributed by atoms with Gasteiger partial charge >= 0.3 is 0 Å².